The lowest BCUT2D eigenvalue weighted by Gasteiger charge is -2.12. The largest absolute Gasteiger partial charge is 0.492 e. The van der Waals surface area contributed by atoms with E-state index >= 15 is 0 Å². The summed E-state index contributed by atoms with van der Waals surface area (Å²) in [6.07, 6.45) is 0.949. The maximum atomic E-state index is 12.3. The van der Waals surface area contributed by atoms with E-state index in [9.17, 15) is 9.59 Å². The molecule has 156 valence electrons. The van der Waals surface area contributed by atoms with Gasteiger partial charge in [-0.2, -0.15) is 0 Å². The van der Waals surface area contributed by atoms with Gasteiger partial charge in [0.15, 0.2) is 6.61 Å². The number of carbonyl (C=O) groups is 2. The summed E-state index contributed by atoms with van der Waals surface area (Å²) in [4.78, 5) is 24.2. The average Bonchev–Trinajstić information content (AvgIpc) is 2.66. The normalized spacial score (nSPS) is 10.6. The van der Waals surface area contributed by atoms with Crippen LogP contribution in [-0.4, -0.2) is 25.0 Å². The maximum Gasteiger partial charge on any atom is 0.276 e. The molecule has 0 spiro atoms. The molecule has 2 aromatic carbocycles. The summed E-state index contributed by atoms with van der Waals surface area (Å²) in [5.41, 5.74) is 7.19. The molecule has 0 bridgehead atoms. The van der Waals surface area contributed by atoms with E-state index in [0.717, 1.165) is 17.5 Å². The van der Waals surface area contributed by atoms with Crippen molar-refractivity contribution in [2.24, 2.45) is 5.92 Å². The second kappa shape index (κ2) is 10.9. The molecule has 6 nitrogen and oxygen atoms in total. The number of halogens is 1. The highest BCUT2D eigenvalue weighted by molar-refractivity contribution is 9.10. The van der Waals surface area contributed by atoms with Gasteiger partial charge in [0.2, 0.25) is 0 Å². The third-order valence-corrected chi connectivity index (χ3v) is 4.77. The smallest absolute Gasteiger partial charge is 0.276 e. The Balaban J connectivity index is 1.82. The maximum absolute atomic E-state index is 12.3. The van der Waals surface area contributed by atoms with E-state index in [1.165, 1.54) is 0 Å². The number of hydrogen-bond acceptors (Lipinski definition) is 4. The van der Waals surface area contributed by atoms with Crippen LogP contribution in [0, 0.1) is 19.8 Å². The van der Waals surface area contributed by atoms with E-state index in [2.05, 4.69) is 40.6 Å². The van der Waals surface area contributed by atoms with Gasteiger partial charge >= 0.3 is 0 Å². The Kier molecular flexibility index (Phi) is 8.51. The molecule has 2 rings (SSSR count). The van der Waals surface area contributed by atoms with Crippen molar-refractivity contribution in [2.75, 3.05) is 13.2 Å². The Morgan fingerprint density at radius 1 is 1.00 bits per heavy atom. The second-order valence-corrected chi connectivity index (χ2v) is 8.09. The summed E-state index contributed by atoms with van der Waals surface area (Å²) in [5, 5.41) is 0. The van der Waals surface area contributed by atoms with Crippen molar-refractivity contribution in [3.63, 3.8) is 0 Å². The molecule has 2 amide bonds. The molecule has 29 heavy (non-hydrogen) atoms. The van der Waals surface area contributed by atoms with E-state index in [-0.39, 0.29) is 6.61 Å². The van der Waals surface area contributed by atoms with Gasteiger partial charge in [-0.1, -0.05) is 31.5 Å². The third-order valence-electron chi connectivity index (χ3n) is 4.15. The lowest BCUT2D eigenvalue weighted by Crippen LogP contribution is -2.43. The van der Waals surface area contributed by atoms with Crippen LogP contribution in [0.3, 0.4) is 0 Å². The molecule has 0 aliphatic carbocycles. The van der Waals surface area contributed by atoms with Crippen molar-refractivity contribution in [1.82, 2.24) is 10.9 Å². The van der Waals surface area contributed by atoms with Crippen LogP contribution in [0.1, 0.15) is 41.8 Å². The first-order valence-electron chi connectivity index (χ1n) is 9.48. The average molecular weight is 463 g/mol. The molecule has 0 saturated heterocycles. The highest BCUT2D eigenvalue weighted by Crippen LogP contribution is 2.26. The summed E-state index contributed by atoms with van der Waals surface area (Å²) >= 11 is 3.41. The fraction of sp³-hybridized carbons (Fsp3) is 0.364. The Hall–Kier alpha value is -2.54. The van der Waals surface area contributed by atoms with Gasteiger partial charge in [0, 0.05) is 5.56 Å². The van der Waals surface area contributed by atoms with Gasteiger partial charge in [-0.15, -0.1) is 0 Å². The van der Waals surface area contributed by atoms with Gasteiger partial charge in [-0.05, 0) is 71.9 Å². The zero-order valence-electron chi connectivity index (χ0n) is 17.2. The van der Waals surface area contributed by atoms with Crippen LogP contribution < -0.4 is 20.3 Å². The van der Waals surface area contributed by atoms with Crippen molar-refractivity contribution in [2.45, 2.75) is 34.1 Å². The summed E-state index contributed by atoms with van der Waals surface area (Å²) in [6.45, 7) is 8.58. The summed E-state index contributed by atoms with van der Waals surface area (Å²) in [5.74, 6) is 0.980. The zero-order valence-corrected chi connectivity index (χ0v) is 18.8. The van der Waals surface area contributed by atoms with Gasteiger partial charge in [0.1, 0.15) is 11.5 Å². The third kappa shape index (κ3) is 7.42. The number of nitrogens with one attached hydrogen (secondary N) is 2. The van der Waals surface area contributed by atoms with Crippen LogP contribution in [0.2, 0.25) is 0 Å². The van der Waals surface area contributed by atoms with E-state index in [4.69, 9.17) is 9.47 Å². The topological polar surface area (TPSA) is 76.7 Å². The number of rotatable bonds is 8. The van der Waals surface area contributed by atoms with E-state index in [1.807, 2.05) is 32.0 Å². The van der Waals surface area contributed by atoms with Crippen LogP contribution in [0.5, 0.6) is 11.5 Å². The van der Waals surface area contributed by atoms with Crippen LogP contribution in [0.4, 0.5) is 0 Å². The van der Waals surface area contributed by atoms with E-state index < -0.39 is 11.8 Å². The number of hydrogen-bond donors (Lipinski definition) is 2. The van der Waals surface area contributed by atoms with Crippen LogP contribution in [-0.2, 0) is 4.79 Å². The standard InChI is InChI=1S/C22H27BrN2O4/c1-14(2)9-10-28-20-8-6-17(12-18(20)23)22(27)25-24-21(26)13-29-19-7-5-15(3)11-16(19)4/h5-8,11-12,14H,9-10,13H2,1-4H3,(H,24,26)(H,25,27). The van der Waals surface area contributed by atoms with Gasteiger partial charge in [0.25, 0.3) is 11.8 Å². The Morgan fingerprint density at radius 3 is 2.38 bits per heavy atom. The molecule has 0 radical (unpaired) electrons. The molecule has 0 aromatic heterocycles. The molecule has 0 saturated carbocycles. The minimum Gasteiger partial charge on any atom is -0.492 e. The fourth-order valence-corrected chi connectivity index (χ4v) is 3.00. The molecule has 0 aliphatic heterocycles. The lowest BCUT2D eigenvalue weighted by atomic mass is 10.1. The summed E-state index contributed by atoms with van der Waals surface area (Å²) in [6, 6.07) is 10.7. The summed E-state index contributed by atoms with van der Waals surface area (Å²) in [7, 11) is 0. The van der Waals surface area contributed by atoms with Gasteiger partial charge in [-0.25, -0.2) is 0 Å². The predicted molar refractivity (Wildman–Crippen MR) is 116 cm³/mol. The monoisotopic (exact) mass is 462 g/mol. The molecule has 0 unspecified atom stereocenters. The Morgan fingerprint density at radius 2 is 1.72 bits per heavy atom. The number of hydrazine groups is 1. The van der Waals surface area contributed by atoms with Crippen LogP contribution in [0.25, 0.3) is 0 Å². The molecule has 2 N–H and O–H groups in total. The molecule has 0 fully saturated rings. The van der Waals surface area contributed by atoms with Gasteiger partial charge < -0.3 is 9.47 Å². The first kappa shape index (κ1) is 22.7. The molecule has 7 heteroatoms. The van der Waals surface area contributed by atoms with Crippen molar-refractivity contribution in [3.05, 3.63) is 57.6 Å². The van der Waals surface area contributed by atoms with Crippen molar-refractivity contribution >= 4 is 27.7 Å². The van der Waals surface area contributed by atoms with Gasteiger partial charge in [-0.3, -0.25) is 20.4 Å². The van der Waals surface area contributed by atoms with Crippen molar-refractivity contribution in [1.29, 1.82) is 0 Å². The molecule has 0 atom stereocenters. The Labute approximate surface area is 180 Å². The molecule has 0 aliphatic rings. The SMILES string of the molecule is Cc1ccc(OCC(=O)NNC(=O)c2ccc(OCCC(C)C)c(Br)c2)c(C)c1. The highest BCUT2D eigenvalue weighted by Gasteiger charge is 2.11. The first-order chi connectivity index (χ1) is 13.8. The second-order valence-electron chi connectivity index (χ2n) is 7.24. The highest BCUT2D eigenvalue weighted by atomic mass is 79.9. The molecule has 2 aromatic rings. The summed E-state index contributed by atoms with van der Waals surface area (Å²) < 4.78 is 11.9. The lowest BCUT2D eigenvalue weighted by molar-refractivity contribution is -0.123. The molecular weight excluding hydrogens is 436 g/mol. The number of amides is 2. The number of aryl methyl sites for hydroxylation is 2. The minimum atomic E-state index is -0.453. The fourth-order valence-electron chi connectivity index (χ4n) is 2.50. The molecule has 0 heterocycles. The van der Waals surface area contributed by atoms with E-state index in [1.54, 1.807) is 18.2 Å². The minimum absolute atomic E-state index is 0.198. The van der Waals surface area contributed by atoms with Gasteiger partial charge in [0.05, 0.1) is 11.1 Å². The van der Waals surface area contributed by atoms with Crippen LogP contribution in [0.15, 0.2) is 40.9 Å². The van der Waals surface area contributed by atoms with E-state index in [0.29, 0.717) is 34.1 Å². The Bertz CT molecular complexity index is 868. The molecular formula is C22H27BrN2O4. The van der Waals surface area contributed by atoms with Crippen molar-refractivity contribution < 1.29 is 19.1 Å². The quantitative estimate of drug-likeness (QED) is 0.572. The van der Waals surface area contributed by atoms with Crippen molar-refractivity contribution in [3.8, 4) is 11.5 Å². The number of carbonyl (C=O) groups excluding carboxylic acids is 2. The number of benzene rings is 2. The number of ether oxygens (including phenoxy) is 2. The first-order valence-corrected chi connectivity index (χ1v) is 10.3. The zero-order chi connectivity index (χ0) is 21.4. The predicted octanol–water partition coefficient (Wildman–Crippen LogP) is 4.33. The van der Waals surface area contributed by atoms with Crippen LogP contribution >= 0.6 is 15.9 Å².